The second kappa shape index (κ2) is 4.80. The number of hydrogen-bond acceptors (Lipinski definition) is 5. The average Bonchev–Trinajstić information content (AvgIpc) is 3.08. The van der Waals surface area contributed by atoms with Crippen molar-refractivity contribution in [2.75, 3.05) is 19.7 Å². The van der Waals surface area contributed by atoms with E-state index in [1.54, 1.807) is 0 Å². The van der Waals surface area contributed by atoms with Gasteiger partial charge in [-0.2, -0.15) is 4.98 Å². The van der Waals surface area contributed by atoms with E-state index in [2.05, 4.69) is 17.1 Å². The summed E-state index contributed by atoms with van der Waals surface area (Å²) in [6.07, 6.45) is 2.21. The molecular weight excluding hydrogens is 270 g/mol. The van der Waals surface area contributed by atoms with Crippen LogP contribution in [0, 0.1) is 24.7 Å². The second-order valence-electron chi connectivity index (χ2n) is 6.84. The van der Waals surface area contributed by atoms with Gasteiger partial charge in [0.15, 0.2) is 5.82 Å². The lowest BCUT2D eigenvalue weighted by Crippen LogP contribution is -2.41. The Morgan fingerprint density at radius 1 is 1.33 bits per heavy atom. The van der Waals surface area contributed by atoms with Crippen molar-refractivity contribution in [3.63, 3.8) is 0 Å². The standard InChI is InChI=1S/C15H21N3O3/c1-8-3-10(4-8)15(19)18-5-11-12(7-20-13(11)6-18)14-16-9(2)17-21-14/h8,10-13H,3-7H2,1-2H3/t8?,10?,11-,12+,13-/m1/s1. The summed E-state index contributed by atoms with van der Waals surface area (Å²) in [4.78, 5) is 18.8. The molecule has 6 nitrogen and oxygen atoms in total. The first-order valence-corrected chi connectivity index (χ1v) is 7.82. The Balaban J connectivity index is 1.44. The summed E-state index contributed by atoms with van der Waals surface area (Å²) < 4.78 is 11.2. The zero-order valence-corrected chi connectivity index (χ0v) is 12.5. The van der Waals surface area contributed by atoms with Crippen LogP contribution in [0.4, 0.5) is 0 Å². The van der Waals surface area contributed by atoms with Crippen molar-refractivity contribution >= 4 is 5.91 Å². The van der Waals surface area contributed by atoms with E-state index in [-0.39, 0.29) is 17.9 Å². The van der Waals surface area contributed by atoms with E-state index in [0.29, 0.717) is 36.1 Å². The van der Waals surface area contributed by atoms with Crippen LogP contribution in [0.5, 0.6) is 0 Å². The molecule has 1 aromatic heterocycles. The van der Waals surface area contributed by atoms with E-state index in [4.69, 9.17) is 9.26 Å². The fraction of sp³-hybridized carbons (Fsp3) is 0.800. The topological polar surface area (TPSA) is 68.5 Å². The van der Waals surface area contributed by atoms with Gasteiger partial charge in [0, 0.05) is 24.9 Å². The predicted octanol–water partition coefficient (Wildman–Crippen LogP) is 1.36. The molecule has 3 aliphatic rings. The number of carbonyl (C=O) groups excluding carboxylic acids is 1. The summed E-state index contributed by atoms with van der Waals surface area (Å²) in [5.41, 5.74) is 0. The fourth-order valence-electron chi connectivity index (χ4n) is 3.97. The van der Waals surface area contributed by atoms with Crippen LogP contribution in [-0.4, -0.2) is 46.7 Å². The number of rotatable bonds is 2. The Labute approximate surface area is 123 Å². The van der Waals surface area contributed by atoms with E-state index >= 15 is 0 Å². The predicted molar refractivity (Wildman–Crippen MR) is 73.5 cm³/mol. The third kappa shape index (κ3) is 2.16. The molecule has 4 rings (SSSR count). The first-order valence-electron chi connectivity index (χ1n) is 7.82. The van der Waals surface area contributed by atoms with Crippen LogP contribution in [0.1, 0.15) is 37.4 Å². The summed E-state index contributed by atoms with van der Waals surface area (Å²) in [6, 6.07) is 0. The van der Waals surface area contributed by atoms with Crippen molar-refractivity contribution in [3.05, 3.63) is 11.7 Å². The highest BCUT2D eigenvalue weighted by Gasteiger charge is 2.49. The van der Waals surface area contributed by atoms with E-state index < -0.39 is 0 Å². The van der Waals surface area contributed by atoms with Crippen molar-refractivity contribution in [2.24, 2.45) is 17.8 Å². The molecule has 21 heavy (non-hydrogen) atoms. The molecule has 1 saturated carbocycles. The molecule has 0 aromatic carbocycles. The molecule has 1 aliphatic carbocycles. The molecule has 0 spiro atoms. The fourth-order valence-corrected chi connectivity index (χ4v) is 3.97. The SMILES string of the molecule is Cc1noc([C@H]2CO[C@@H]3CN(C(=O)C4CC(C)C4)C[C@H]23)n1. The van der Waals surface area contributed by atoms with Crippen molar-refractivity contribution in [1.82, 2.24) is 15.0 Å². The van der Waals surface area contributed by atoms with E-state index in [1.165, 1.54) is 0 Å². The van der Waals surface area contributed by atoms with Gasteiger partial charge in [0.05, 0.1) is 18.6 Å². The first-order chi connectivity index (χ1) is 10.1. The zero-order valence-electron chi connectivity index (χ0n) is 12.5. The second-order valence-corrected chi connectivity index (χ2v) is 6.84. The van der Waals surface area contributed by atoms with E-state index in [9.17, 15) is 4.79 Å². The Morgan fingerprint density at radius 3 is 2.81 bits per heavy atom. The third-order valence-corrected chi connectivity index (χ3v) is 5.21. The van der Waals surface area contributed by atoms with Crippen LogP contribution in [0.25, 0.3) is 0 Å². The van der Waals surface area contributed by atoms with Crippen molar-refractivity contribution in [2.45, 2.75) is 38.7 Å². The molecule has 3 atom stereocenters. The molecular formula is C15H21N3O3. The van der Waals surface area contributed by atoms with Gasteiger partial charge in [0.2, 0.25) is 11.8 Å². The number of aromatic nitrogens is 2. The Bertz CT molecular complexity index is 552. The van der Waals surface area contributed by atoms with Gasteiger partial charge in [-0.05, 0) is 25.7 Å². The van der Waals surface area contributed by atoms with Crippen molar-refractivity contribution in [1.29, 1.82) is 0 Å². The van der Waals surface area contributed by atoms with Crippen LogP contribution >= 0.6 is 0 Å². The molecule has 3 fully saturated rings. The number of ether oxygens (including phenoxy) is 1. The normalized spacial score (nSPS) is 38.4. The minimum absolute atomic E-state index is 0.128. The number of aryl methyl sites for hydroxylation is 1. The van der Waals surface area contributed by atoms with Gasteiger partial charge in [-0.3, -0.25) is 4.79 Å². The highest BCUT2D eigenvalue weighted by atomic mass is 16.5. The monoisotopic (exact) mass is 291 g/mol. The third-order valence-electron chi connectivity index (χ3n) is 5.21. The number of hydrogen-bond donors (Lipinski definition) is 0. The number of likely N-dealkylation sites (tertiary alicyclic amines) is 1. The maximum absolute atomic E-state index is 12.5. The lowest BCUT2D eigenvalue weighted by atomic mass is 9.75. The molecule has 2 aliphatic heterocycles. The summed E-state index contributed by atoms with van der Waals surface area (Å²) in [5, 5.41) is 3.87. The molecule has 0 N–H and O–H groups in total. The Morgan fingerprint density at radius 2 is 2.14 bits per heavy atom. The van der Waals surface area contributed by atoms with Crippen LogP contribution in [0.15, 0.2) is 4.52 Å². The maximum Gasteiger partial charge on any atom is 0.232 e. The molecule has 0 bridgehead atoms. The number of amides is 1. The minimum Gasteiger partial charge on any atom is -0.375 e. The van der Waals surface area contributed by atoms with Crippen molar-refractivity contribution < 1.29 is 14.1 Å². The largest absolute Gasteiger partial charge is 0.375 e. The Hall–Kier alpha value is -1.43. The zero-order chi connectivity index (χ0) is 14.6. The van der Waals surface area contributed by atoms with E-state index in [0.717, 1.165) is 25.9 Å². The lowest BCUT2D eigenvalue weighted by molar-refractivity contribution is -0.139. The van der Waals surface area contributed by atoms with Gasteiger partial charge in [-0.15, -0.1) is 0 Å². The van der Waals surface area contributed by atoms with E-state index in [1.807, 2.05) is 11.8 Å². The van der Waals surface area contributed by atoms with Crippen LogP contribution in [-0.2, 0) is 9.53 Å². The highest BCUT2D eigenvalue weighted by Crippen LogP contribution is 2.41. The molecule has 3 heterocycles. The molecule has 2 saturated heterocycles. The average molecular weight is 291 g/mol. The van der Waals surface area contributed by atoms with Gasteiger partial charge in [-0.25, -0.2) is 0 Å². The van der Waals surface area contributed by atoms with Gasteiger partial charge in [0.1, 0.15) is 0 Å². The maximum atomic E-state index is 12.5. The summed E-state index contributed by atoms with van der Waals surface area (Å²) >= 11 is 0. The smallest absolute Gasteiger partial charge is 0.232 e. The van der Waals surface area contributed by atoms with Gasteiger partial charge in [-0.1, -0.05) is 12.1 Å². The minimum atomic E-state index is 0.128. The van der Waals surface area contributed by atoms with Gasteiger partial charge >= 0.3 is 0 Å². The number of nitrogens with zero attached hydrogens (tertiary/aromatic N) is 3. The molecule has 0 unspecified atom stereocenters. The highest BCUT2D eigenvalue weighted by molar-refractivity contribution is 5.80. The lowest BCUT2D eigenvalue weighted by Gasteiger charge is -2.34. The molecule has 1 amide bonds. The molecule has 114 valence electrons. The quantitative estimate of drug-likeness (QED) is 0.823. The van der Waals surface area contributed by atoms with Crippen LogP contribution in [0.2, 0.25) is 0 Å². The summed E-state index contributed by atoms with van der Waals surface area (Å²) in [6.45, 7) is 6.14. The summed E-state index contributed by atoms with van der Waals surface area (Å²) in [5.74, 6) is 3.00. The van der Waals surface area contributed by atoms with Crippen LogP contribution in [0.3, 0.4) is 0 Å². The molecule has 1 aromatic rings. The molecule has 0 radical (unpaired) electrons. The Kier molecular flexibility index (Phi) is 3.03. The number of carbonyl (C=O) groups is 1. The molecule has 6 heteroatoms. The number of fused-ring (bicyclic) bond motifs is 1. The first kappa shape index (κ1) is 13.2. The van der Waals surface area contributed by atoms with Gasteiger partial charge in [0.25, 0.3) is 0 Å². The summed E-state index contributed by atoms with van der Waals surface area (Å²) in [7, 11) is 0. The van der Waals surface area contributed by atoms with Gasteiger partial charge < -0.3 is 14.2 Å². The van der Waals surface area contributed by atoms with Crippen molar-refractivity contribution in [3.8, 4) is 0 Å². The van der Waals surface area contributed by atoms with Crippen LogP contribution < -0.4 is 0 Å².